The van der Waals surface area contributed by atoms with Crippen LogP contribution in [0.3, 0.4) is 0 Å². The molecule has 1 aliphatic heterocycles. The van der Waals surface area contributed by atoms with Gasteiger partial charge < -0.3 is 15.0 Å². The molecule has 0 aliphatic carbocycles. The molecule has 3 rings (SSSR count). The number of aromatic nitrogens is 1. The highest BCUT2D eigenvalue weighted by Crippen LogP contribution is 2.20. The minimum atomic E-state index is -0.258. The monoisotopic (exact) mass is 272 g/mol. The number of fused-ring (bicyclic) bond motifs is 1. The second-order valence-electron chi connectivity index (χ2n) is 5.08. The number of H-pyrrole nitrogens is 1. The number of likely N-dealkylation sites (tertiary alicyclic amines) is 1. The number of aliphatic hydroxyl groups is 1. The molecule has 2 heterocycles. The molecule has 1 saturated heterocycles. The summed E-state index contributed by atoms with van der Waals surface area (Å²) in [4.78, 5) is 28.7. The second-order valence-corrected chi connectivity index (χ2v) is 5.08. The Balaban J connectivity index is 2.02. The SMILES string of the molecule is O=C(c1cc2ccccc2c(=O)[nH]1)N1CCCC1CO. The minimum Gasteiger partial charge on any atom is -0.394 e. The summed E-state index contributed by atoms with van der Waals surface area (Å²) >= 11 is 0. The lowest BCUT2D eigenvalue weighted by molar-refractivity contribution is 0.0671. The Labute approximate surface area is 115 Å². The van der Waals surface area contributed by atoms with Gasteiger partial charge in [-0.2, -0.15) is 0 Å². The molecule has 1 aromatic carbocycles. The second kappa shape index (κ2) is 5.09. The van der Waals surface area contributed by atoms with Crippen LogP contribution in [0, 0.1) is 0 Å². The molecule has 1 aromatic heterocycles. The molecule has 5 heteroatoms. The van der Waals surface area contributed by atoms with Crippen molar-refractivity contribution >= 4 is 16.7 Å². The average molecular weight is 272 g/mol. The first-order valence-corrected chi connectivity index (χ1v) is 6.74. The highest BCUT2D eigenvalue weighted by Gasteiger charge is 2.29. The van der Waals surface area contributed by atoms with Crippen molar-refractivity contribution in [3.8, 4) is 0 Å². The zero-order valence-electron chi connectivity index (χ0n) is 11.0. The molecule has 1 amide bonds. The first kappa shape index (κ1) is 12.9. The van der Waals surface area contributed by atoms with Crippen LogP contribution in [-0.2, 0) is 0 Å². The standard InChI is InChI=1S/C15H16N2O3/c18-9-11-5-3-7-17(11)15(20)13-8-10-4-1-2-6-12(10)14(19)16-13/h1-2,4,6,8,11,18H,3,5,7,9H2,(H,16,19). The van der Waals surface area contributed by atoms with E-state index in [1.807, 2.05) is 12.1 Å². The van der Waals surface area contributed by atoms with Gasteiger partial charge in [-0.05, 0) is 30.4 Å². The van der Waals surface area contributed by atoms with Crippen LogP contribution in [0.25, 0.3) is 10.8 Å². The Bertz CT molecular complexity index is 708. The summed E-state index contributed by atoms with van der Waals surface area (Å²) < 4.78 is 0. The van der Waals surface area contributed by atoms with Gasteiger partial charge in [-0.3, -0.25) is 9.59 Å². The van der Waals surface area contributed by atoms with E-state index < -0.39 is 0 Å². The third kappa shape index (κ3) is 2.10. The summed E-state index contributed by atoms with van der Waals surface area (Å²) in [5.41, 5.74) is 0.0280. The molecule has 0 saturated carbocycles. The van der Waals surface area contributed by atoms with E-state index in [-0.39, 0.29) is 29.8 Å². The highest BCUT2D eigenvalue weighted by atomic mass is 16.3. The zero-order valence-corrected chi connectivity index (χ0v) is 11.0. The van der Waals surface area contributed by atoms with Gasteiger partial charge in [-0.1, -0.05) is 18.2 Å². The van der Waals surface area contributed by atoms with E-state index >= 15 is 0 Å². The molecule has 1 fully saturated rings. The van der Waals surface area contributed by atoms with Crippen LogP contribution in [0.4, 0.5) is 0 Å². The molecule has 2 N–H and O–H groups in total. The Kier molecular flexibility index (Phi) is 3.28. The van der Waals surface area contributed by atoms with Gasteiger partial charge >= 0.3 is 0 Å². The van der Waals surface area contributed by atoms with Gasteiger partial charge in [0.25, 0.3) is 11.5 Å². The number of carbonyl (C=O) groups is 1. The fourth-order valence-electron chi connectivity index (χ4n) is 2.77. The van der Waals surface area contributed by atoms with E-state index in [9.17, 15) is 14.7 Å². The van der Waals surface area contributed by atoms with Crippen molar-refractivity contribution in [2.75, 3.05) is 13.2 Å². The molecule has 2 aromatic rings. The zero-order chi connectivity index (χ0) is 14.1. The minimum absolute atomic E-state index is 0.0381. The maximum Gasteiger partial charge on any atom is 0.270 e. The summed E-state index contributed by atoms with van der Waals surface area (Å²) in [6.45, 7) is 0.586. The van der Waals surface area contributed by atoms with Crippen LogP contribution >= 0.6 is 0 Å². The van der Waals surface area contributed by atoms with Crippen LogP contribution < -0.4 is 5.56 Å². The van der Waals surface area contributed by atoms with Gasteiger partial charge in [0.15, 0.2) is 0 Å². The van der Waals surface area contributed by atoms with Crippen LogP contribution in [0.1, 0.15) is 23.3 Å². The van der Waals surface area contributed by atoms with Crippen LogP contribution in [0.15, 0.2) is 35.1 Å². The Morgan fingerprint density at radius 2 is 2.20 bits per heavy atom. The predicted octanol–water partition coefficient (Wildman–Crippen LogP) is 1.12. The van der Waals surface area contributed by atoms with Crippen molar-refractivity contribution in [1.82, 2.24) is 9.88 Å². The lowest BCUT2D eigenvalue weighted by Gasteiger charge is -2.22. The molecule has 1 atom stereocenters. The fourth-order valence-corrected chi connectivity index (χ4v) is 2.77. The van der Waals surface area contributed by atoms with E-state index in [1.165, 1.54) is 0 Å². The van der Waals surface area contributed by atoms with Crippen molar-refractivity contribution < 1.29 is 9.90 Å². The molecular formula is C15H16N2O3. The molecule has 1 unspecified atom stereocenters. The van der Waals surface area contributed by atoms with Gasteiger partial charge in [0.2, 0.25) is 0 Å². The summed E-state index contributed by atoms with van der Waals surface area (Å²) in [6, 6.07) is 8.73. The molecule has 5 nitrogen and oxygen atoms in total. The van der Waals surface area contributed by atoms with Gasteiger partial charge in [-0.25, -0.2) is 0 Å². The maximum atomic E-state index is 12.5. The van der Waals surface area contributed by atoms with Crippen LogP contribution in [0.2, 0.25) is 0 Å². The number of amides is 1. The lowest BCUT2D eigenvalue weighted by Crippen LogP contribution is -2.38. The third-order valence-corrected chi connectivity index (χ3v) is 3.83. The van der Waals surface area contributed by atoms with E-state index in [4.69, 9.17) is 0 Å². The average Bonchev–Trinajstić information content (AvgIpc) is 2.95. The topological polar surface area (TPSA) is 73.4 Å². The van der Waals surface area contributed by atoms with Gasteiger partial charge in [-0.15, -0.1) is 0 Å². The number of hydrogen-bond donors (Lipinski definition) is 2. The number of benzene rings is 1. The van der Waals surface area contributed by atoms with E-state index in [1.54, 1.807) is 23.1 Å². The number of aliphatic hydroxyl groups excluding tert-OH is 1. The molecule has 0 spiro atoms. The summed E-state index contributed by atoms with van der Waals surface area (Å²) in [6.07, 6.45) is 1.69. The number of carbonyl (C=O) groups excluding carboxylic acids is 1. The first-order valence-electron chi connectivity index (χ1n) is 6.74. The van der Waals surface area contributed by atoms with Crippen molar-refractivity contribution in [2.24, 2.45) is 0 Å². The summed E-state index contributed by atoms with van der Waals surface area (Å²) in [5, 5.41) is 10.6. The van der Waals surface area contributed by atoms with Crippen molar-refractivity contribution in [1.29, 1.82) is 0 Å². The van der Waals surface area contributed by atoms with E-state index in [2.05, 4.69) is 4.98 Å². The maximum absolute atomic E-state index is 12.5. The summed E-state index contributed by atoms with van der Waals surface area (Å²) in [5.74, 6) is -0.218. The van der Waals surface area contributed by atoms with Gasteiger partial charge in [0.05, 0.1) is 12.6 Å². The van der Waals surface area contributed by atoms with Crippen molar-refractivity contribution in [2.45, 2.75) is 18.9 Å². The van der Waals surface area contributed by atoms with Gasteiger partial charge in [0.1, 0.15) is 5.69 Å². The fraction of sp³-hybridized carbons (Fsp3) is 0.333. The third-order valence-electron chi connectivity index (χ3n) is 3.83. The Hall–Kier alpha value is -2.14. The van der Waals surface area contributed by atoms with E-state index in [0.29, 0.717) is 11.9 Å². The molecule has 104 valence electrons. The normalized spacial score (nSPS) is 18.6. The lowest BCUT2D eigenvalue weighted by atomic mass is 10.1. The quantitative estimate of drug-likeness (QED) is 0.860. The number of hydrogen-bond acceptors (Lipinski definition) is 3. The van der Waals surface area contributed by atoms with Gasteiger partial charge in [0, 0.05) is 11.9 Å². The number of nitrogens with one attached hydrogen (secondary N) is 1. The molecule has 0 bridgehead atoms. The van der Waals surface area contributed by atoms with E-state index in [0.717, 1.165) is 18.2 Å². The largest absolute Gasteiger partial charge is 0.394 e. The highest BCUT2D eigenvalue weighted by molar-refractivity contribution is 5.96. The number of nitrogens with zero attached hydrogens (tertiary/aromatic N) is 1. The molecule has 1 aliphatic rings. The Morgan fingerprint density at radius 1 is 1.40 bits per heavy atom. The molecular weight excluding hydrogens is 256 g/mol. The smallest absolute Gasteiger partial charge is 0.270 e. The number of pyridine rings is 1. The van der Waals surface area contributed by atoms with Crippen LogP contribution in [-0.4, -0.2) is 40.1 Å². The Morgan fingerprint density at radius 3 is 3.00 bits per heavy atom. The van der Waals surface area contributed by atoms with Crippen molar-refractivity contribution in [3.63, 3.8) is 0 Å². The predicted molar refractivity (Wildman–Crippen MR) is 75.7 cm³/mol. The first-order chi connectivity index (χ1) is 9.70. The van der Waals surface area contributed by atoms with Crippen molar-refractivity contribution in [3.05, 3.63) is 46.4 Å². The molecule has 0 radical (unpaired) electrons. The number of rotatable bonds is 2. The summed E-state index contributed by atoms with van der Waals surface area (Å²) in [7, 11) is 0. The van der Waals surface area contributed by atoms with Crippen LogP contribution in [0.5, 0.6) is 0 Å². The number of aromatic amines is 1. The molecule has 20 heavy (non-hydrogen) atoms.